The topological polar surface area (TPSA) is 46.4 Å². The van der Waals surface area contributed by atoms with E-state index < -0.39 is 0 Å². The number of hydrogen-bond acceptors (Lipinski definition) is 2. The molecule has 4 nitrogen and oxygen atoms in total. The van der Waals surface area contributed by atoms with Gasteiger partial charge in [-0.25, -0.2) is 4.98 Å². The van der Waals surface area contributed by atoms with E-state index in [1.807, 2.05) is 92.2 Å². The van der Waals surface area contributed by atoms with E-state index in [1.54, 1.807) is 0 Å². The Hall–Kier alpha value is -3.40. The normalized spacial score (nSPS) is 10.9. The average molecular weight is 355 g/mol. The van der Waals surface area contributed by atoms with Crippen LogP contribution in [0.1, 0.15) is 27.0 Å². The molecule has 0 radical (unpaired) electrons. The van der Waals surface area contributed by atoms with Crippen molar-refractivity contribution in [1.29, 1.82) is 0 Å². The zero-order chi connectivity index (χ0) is 19.0. The lowest BCUT2D eigenvalue weighted by atomic mass is 10.0. The number of carbonyl (C=O) groups excluding carboxylic acids is 1. The Morgan fingerprint density at radius 2 is 1.74 bits per heavy atom. The van der Waals surface area contributed by atoms with Crippen LogP contribution in [0.15, 0.2) is 67.0 Å². The zero-order valence-corrected chi connectivity index (χ0v) is 15.7. The van der Waals surface area contributed by atoms with E-state index in [4.69, 9.17) is 0 Å². The molecule has 4 rings (SSSR count). The Morgan fingerprint density at radius 1 is 0.926 bits per heavy atom. The van der Waals surface area contributed by atoms with Crippen molar-refractivity contribution in [2.24, 2.45) is 0 Å². The highest BCUT2D eigenvalue weighted by Gasteiger charge is 2.11. The molecule has 2 aromatic carbocycles. The lowest BCUT2D eigenvalue weighted by molar-refractivity contribution is 0.102. The van der Waals surface area contributed by atoms with Gasteiger partial charge < -0.3 is 9.72 Å². The minimum atomic E-state index is -0.103. The highest BCUT2D eigenvalue weighted by atomic mass is 16.1. The highest BCUT2D eigenvalue weighted by Crippen LogP contribution is 2.26. The molecular formula is C23H21N3O. The summed E-state index contributed by atoms with van der Waals surface area (Å²) in [5.74, 6) is -0.103. The summed E-state index contributed by atoms with van der Waals surface area (Å²) in [6.07, 6.45) is 3.97. The molecule has 0 saturated carbocycles. The first kappa shape index (κ1) is 17.0. The summed E-state index contributed by atoms with van der Waals surface area (Å²) < 4.78 is 1.99. The molecule has 4 aromatic rings. The number of amides is 1. The maximum Gasteiger partial charge on any atom is 0.255 e. The van der Waals surface area contributed by atoms with Crippen LogP contribution >= 0.6 is 0 Å². The molecule has 0 spiro atoms. The first-order valence-electron chi connectivity index (χ1n) is 8.94. The molecule has 0 fully saturated rings. The summed E-state index contributed by atoms with van der Waals surface area (Å²) in [5, 5.41) is 3.04. The Kier molecular flexibility index (Phi) is 4.24. The van der Waals surface area contributed by atoms with E-state index in [0.29, 0.717) is 5.56 Å². The van der Waals surface area contributed by atoms with Gasteiger partial charge in [0.05, 0.1) is 5.69 Å². The van der Waals surface area contributed by atoms with Gasteiger partial charge in [-0.05, 0) is 67.8 Å². The van der Waals surface area contributed by atoms with Crippen molar-refractivity contribution >= 4 is 17.2 Å². The summed E-state index contributed by atoms with van der Waals surface area (Å²) in [6.45, 7) is 6.05. The van der Waals surface area contributed by atoms with Crippen molar-refractivity contribution in [2.45, 2.75) is 20.8 Å². The lowest BCUT2D eigenvalue weighted by Crippen LogP contribution is -2.13. The van der Waals surface area contributed by atoms with Crippen LogP contribution in [-0.4, -0.2) is 15.3 Å². The fourth-order valence-corrected chi connectivity index (χ4v) is 3.07. The molecule has 2 heterocycles. The summed E-state index contributed by atoms with van der Waals surface area (Å²) in [6, 6.07) is 17.7. The van der Waals surface area contributed by atoms with Crippen molar-refractivity contribution in [3.05, 3.63) is 89.2 Å². The number of anilines is 1. The Labute approximate surface area is 158 Å². The average Bonchev–Trinajstić information content (AvgIpc) is 3.10. The Balaban J connectivity index is 1.66. The van der Waals surface area contributed by atoms with Crippen LogP contribution in [0.5, 0.6) is 0 Å². The minimum absolute atomic E-state index is 0.103. The number of nitrogens with zero attached hydrogens (tertiary/aromatic N) is 2. The van der Waals surface area contributed by atoms with Crippen LogP contribution < -0.4 is 5.32 Å². The van der Waals surface area contributed by atoms with Gasteiger partial charge in [0.25, 0.3) is 5.91 Å². The summed E-state index contributed by atoms with van der Waals surface area (Å²) >= 11 is 0. The van der Waals surface area contributed by atoms with Crippen LogP contribution in [0.3, 0.4) is 0 Å². The van der Waals surface area contributed by atoms with E-state index in [0.717, 1.165) is 33.7 Å². The number of rotatable bonds is 3. The van der Waals surface area contributed by atoms with Gasteiger partial charge in [0, 0.05) is 29.2 Å². The van der Waals surface area contributed by atoms with E-state index in [-0.39, 0.29) is 5.91 Å². The highest BCUT2D eigenvalue weighted by molar-refractivity contribution is 6.05. The molecule has 0 aliphatic rings. The third kappa shape index (κ3) is 3.34. The van der Waals surface area contributed by atoms with Crippen LogP contribution in [-0.2, 0) is 0 Å². The molecule has 2 aromatic heterocycles. The van der Waals surface area contributed by atoms with Crippen LogP contribution in [0.2, 0.25) is 0 Å². The van der Waals surface area contributed by atoms with E-state index >= 15 is 0 Å². The number of benzene rings is 2. The summed E-state index contributed by atoms with van der Waals surface area (Å²) in [5.41, 5.74) is 7.51. The third-order valence-electron chi connectivity index (χ3n) is 4.91. The molecule has 134 valence electrons. The van der Waals surface area contributed by atoms with Crippen LogP contribution in [0.25, 0.3) is 16.9 Å². The summed E-state index contributed by atoms with van der Waals surface area (Å²) in [7, 11) is 0. The SMILES string of the molecule is Cc1ccc(C(=O)Nc2cc(-c3cn4ccccc4n3)ccc2C)cc1C. The van der Waals surface area contributed by atoms with Crippen molar-refractivity contribution in [3.8, 4) is 11.3 Å². The van der Waals surface area contributed by atoms with Crippen LogP contribution in [0.4, 0.5) is 5.69 Å². The first-order chi connectivity index (χ1) is 13.0. The van der Waals surface area contributed by atoms with E-state index in [2.05, 4.69) is 10.3 Å². The van der Waals surface area contributed by atoms with Gasteiger partial charge in [0.1, 0.15) is 5.65 Å². The van der Waals surface area contributed by atoms with Crippen molar-refractivity contribution < 1.29 is 4.79 Å². The second-order valence-corrected chi connectivity index (χ2v) is 6.88. The standard InChI is InChI=1S/C23H21N3O/c1-15-7-10-19(12-17(15)3)23(27)25-20-13-18(9-8-16(20)2)21-14-26-11-5-4-6-22(26)24-21/h4-14H,1-3H3,(H,25,27). The number of aromatic nitrogens is 2. The molecule has 0 unspecified atom stereocenters. The maximum absolute atomic E-state index is 12.7. The van der Waals surface area contributed by atoms with Gasteiger partial charge in [-0.2, -0.15) is 0 Å². The first-order valence-corrected chi connectivity index (χ1v) is 8.94. The Bertz CT molecular complexity index is 1120. The molecule has 1 N–H and O–H groups in total. The molecule has 0 aliphatic heterocycles. The predicted octanol–water partition coefficient (Wildman–Crippen LogP) is 5.18. The van der Waals surface area contributed by atoms with Gasteiger partial charge in [0.15, 0.2) is 0 Å². The number of fused-ring (bicyclic) bond motifs is 1. The summed E-state index contributed by atoms with van der Waals surface area (Å²) in [4.78, 5) is 17.4. The van der Waals surface area contributed by atoms with Gasteiger partial charge in [0.2, 0.25) is 0 Å². The number of aryl methyl sites for hydroxylation is 3. The molecule has 4 heteroatoms. The van der Waals surface area contributed by atoms with Crippen LogP contribution in [0, 0.1) is 20.8 Å². The van der Waals surface area contributed by atoms with E-state index in [9.17, 15) is 4.79 Å². The molecule has 0 atom stereocenters. The molecular weight excluding hydrogens is 334 g/mol. The van der Waals surface area contributed by atoms with Gasteiger partial charge in [-0.3, -0.25) is 4.79 Å². The maximum atomic E-state index is 12.7. The number of carbonyl (C=O) groups is 1. The smallest absolute Gasteiger partial charge is 0.255 e. The second-order valence-electron chi connectivity index (χ2n) is 6.88. The fourth-order valence-electron chi connectivity index (χ4n) is 3.07. The lowest BCUT2D eigenvalue weighted by Gasteiger charge is -2.11. The minimum Gasteiger partial charge on any atom is -0.322 e. The molecule has 0 bridgehead atoms. The second kappa shape index (κ2) is 6.72. The molecule has 0 saturated heterocycles. The fraction of sp³-hybridized carbons (Fsp3) is 0.130. The van der Waals surface area contributed by atoms with E-state index in [1.165, 1.54) is 5.56 Å². The van der Waals surface area contributed by atoms with Crippen molar-refractivity contribution in [3.63, 3.8) is 0 Å². The molecule has 0 aliphatic carbocycles. The molecule has 27 heavy (non-hydrogen) atoms. The van der Waals surface area contributed by atoms with Gasteiger partial charge in [-0.1, -0.05) is 24.3 Å². The zero-order valence-electron chi connectivity index (χ0n) is 15.7. The number of hydrogen-bond donors (Lipinski definition) is 1. The monoisotopic (exact) mass is 355 g/mol. The number of pyridine rings is 1. The third-order valence-corrected chi connectivity index (χ3v) is 4.91. The van der Waals surface area contributed by atoms with Crippen molar-refractivity contribution in [2.75, 3.05) is 5.32 Å². The predicted molar refractivity (Wildman–Crippen MR) is 109 cm³/mol. The van der Waals surface area contributed by atoms with Gasteiger partial charge >= 0.3 is 0 Å². The Morgan fingerprint density at radius 3 is 2.52 bits per heavy atom. The van der Waals surface area contributed by atoms with Crippen molar-refractivity contribution in [1.82, 2.24) is 9.38 Å². The molecule has 1 amide bonds. The van der Waals surface area contributed by atoms with Gasteiger partial charge in [-0.15, -0.1) is 0 Å². The number of nitrogens with one attached hydrogen (secondary N) is 1. The number of imidazole rings is 1. The largest absolute Gasteiger partial charge is 0.322 e. The quantitative estimate of drug-likeness (QED) is 0.550.